The first-order chi connectivity index (χ1) is 10.2. The summed E-state index contributed by atoms with van der Waals surface area (Å²) in [6.45, 7) is 0. The summed E-state index contributed by atoms with van der Waals surface area (Å²) in [7, 11) is 1.62. The lowest BCUT2D eigenvalue weighted by molar-refractivity contribution is 0.415. The van der Waals surface area contributed by atoms with E-state index in [0.29, 0.717) is 11.5 Å². The lowest BCUT2D eigenvalue weighted by atomic mass is 10.1. The van der Waals surface area contributed by atoms with Gasteiger partial charge in [-0.3, -0.25) is 0 Å². The molecule has 0 aliphatic rings. The zero-order valence-electron chi connectivity index (χ0n) is 11.4. The van der Waals surface area contributed by atoms with Crippen molar-refractivity contribution in [3.63, 3.8) is 0 Å². The molecule has 0 amide bonds. The van der Waals surface area contributed by atoms with E-state index in [9.17, 15) is 5.11 Å². The van der Waals surface area contributed by atoms with Gasteiger partial charge in [0.25, 0.3) is 0 Å². The maximum atomic E-state index is 9.32. The summed E-state index contributed by atoms with van der Waals surface area (Å²) in [6, 6.07) is 14.0. The second-order valence-corrected chi connectivity index (χ2v) is 4.48. The molecular weight excluding hydrogens is 268 g/mol. The number of aromatic hydroxyl groups is 1. The first-order valence-corrected chi connectivity index (χ1v) is 6.34. The maximum Gasteiger partial charge on any atom is 0.155 e. The fourth-order valence-electron chi connectivity index (χ4n) is 2.03. The van der Waals surface area contributed by atoms with Crippen molar-refractivity contribution in [2.24, 2.45) is 0 Å². The Balaban J connectivity index is 2.00. The summed E-state index contributed by atoms with van der Waals surface area (Å²) in [5.74, 6) is 1.39. The summed E-state index contributed by atoms with van der Waals surface area (Å²) < 4.78 is 6.65. The molecule has 0 unspecified atom stereocenters. The van der Waals surface area contributed by atoms with Gasteiger partial charge in [-0.2, -0.15) is 4.68 Å². The average Bonchev–Trinajstić information content (AvgIpc) is 2.90. The maximum absolute atomic E-state index is 9.32. The van der Waals surface area contributed by atoms with Gasteiger partial charge in [0.1, 0.15) is 17.2 Å². The Morgan fingerprint density at radius 3 is 2.33 bits per heavy atom. The van der Waals surface area contributed by atoms with E-state index in [1.54, 1.807) is 31.4 Å². The van der Waals surface area contributed by atoms with Crippen LogP contribution in [-0.4, -0.2) is 27.2 Å². The Morgan fingerprint density at radius 1 is 1.05 bits per heavy atom. The van der Waals surface area contributed by atoms with Crippen molar-refractivity contribution in [1.29, 1.82) is 0 Å². The number of nitrogen functional groups attached to an aromatic ring is 1. The molecule has 3 N–H and O–H groups in total. The number of nitrogens with zero attached hydrogens (tertiary/aromatic N) is 3. The third kappa shape index (κ3) is 2.38. The van der Waals surface area contributed by atoms with Crippen LogP contribution in [0.1, 0.15) is 0 Å². The number of hydrogen-bond acceptors (Lipinski definition) is 5. The molecule has 0 radical (unpaired) electrons. The third-order valence-electron chi connectivity index (χ3n) is 3.16. The van der Waals surface area contributed by atoms with Gasteiger partial charge in [0.05, 0.1) is 12.8 Å². The van der Waals surface area contributed by atoms with Gasteiger partial charge in [-0.25, -0.2) is 0 Å². The molecule has 0 fully saturated rings. The predicted molar refractivity (Wildman–Crippen MR) is 79.4 cm³/mol. The van der Waals surface area contributed by atoms with E-state index in [1.807, 2.05) is 24.3 Å². The molecule has 1 heterocycles. The van der Waals surface area contributed by atoms with Crippen LogP contribution in [0.3, 0.4) is 0 Å². The highest BCUT2D eigenvalue weighted by molar-refractivity contribution is 5.71. The van der Waals surface area contributed by atoms with Crippen LogP contribution in [0.15, 0.2) is 48.5 Å². The van der Waals surface area contributed by atoms with Crippen molar-refractivity contribution < 1.29 is 9.84 Å². The van der Waals surface area contributed by atoms with E-state index in [4.69, 9.17) is 10.5 Å². The molecule has 6 nitrogen and oxygen atoms in total. The number of aromatic nitrogens is 3. The average molecular weight is 282 g/mol. The van der Waals surface area contributed by atoms with Gasteiger partial charge in [0.2, 0.25) is 0 Å². The molecule has 0 saturated heterocycles. The highest BCUT2D eigenvalue weighted by Gasteiger charge is 2.13. The second-order valence-electron chi connectivity index (χ2n) is 4.48. The molecule has 0 atom stereocenters. The van der Waals surface area contributed by atoms with Crippen molar-refractivity contribution in [1.82, 2.24) is 15.0 Å². The van der Waals surface area contributed by atoms with E-state index in [1.165, 1.54) is 4.68 Å². The first-order valence-electron chi connectivity index (χ1n) is 6.34. The molecule has 6 heteroatoms. The van der Waals surface area contributed by atoms with Crippen LogP contribution in [-0.2, 0) is 0 Å². The normalized spacial score (nSPS) is 10.5. The van der Waals surface area contributed by atoms with Gasteiger partial charge in [-0.1, -0.05) is 5.21 Å². The zero-order chi connectivity index (χ0) is 14.8. The molecule has 3 aromatic rings. The number of methoxy groups -OCH3 is 1. The summed E-state index contributed by atoms with van der Waals surface area (Å²) in [5, 5.41) is 17.5. The highest BCUT2D eigenvalue weighted by Crippen LogP contribution is 2.27. The van der Waals surface area contributed by atoms with Crippen LogP contribution in [0.5, 0.6) is 11.5 Å². The number of anilines is 1. The third-order valence-corrected chi connectivity index (χ3v) is 3.16. The molecule has 0 aliphatic heterocycles. The van der Waals surface area contributed by atoms with Crippen molar-refractivity contribution in [3.05, 3.63) is 48.5 Å². The van der Waals surface area contributed by atoms with Crippen molar-refractivity contribution in [2.45, 2.75) is 0 Å². The Kier molecular flexibility index (Phi) is 3.19. The number of ether oxygens (including phenoxy) is 1. The number of benzene rings is 2. The van der Waals surface area contributed by atoms with Gasteiger partial charge < -0.3 is 15.6 Å². The quantitative estimate of drug-likeness (QED) is 0.769. The van der Waals surface area contributed by atoms with E-state index in [2.05, 4.69) is 10.3 Å². The summed E-state index contributed by atoms with van der Waals surface area (Å²) in [4.78, 5) is 0. The summed E-state index contributed by atoms with van der Waals surface area (Å²) in [5.41, 5.74) is 8.32. The molecule has 0 saturated carbocycles. The smallest absolute Gasteiger partial charge is 0.155 e. The number of hydrogen-bond donors (Lipinski definition) is 2. The predicted octanol–water partition coefficient (Wildman–Crippen LogP) is 2.23. The van der Waals surface area contributed by atoms with Gasteiger partial charge in [0, 0.05) is 5.56 Å². The number of phenols is 1. The minimum absolute atomic E-state index is 0.188. The number of phenolic OH excluding ortho intramolecular Hbond substituents is 1. The fraction of sp³-hybridized carbons (Fsp3) is 0.0667. The van der Waals surface area contributed by atoms with E-state index < -0.39 is 0 Å². The van der Waals surface area contributed by atoms with Crippen molar-refractivity contribution >= 4 is 5.82 Å². The van der Waals surface area contributed by atoms with E-state index >= 15 is 0 Å². The molecule has 0 spiro atoms. The van der Waals surface area contributed by atoms with Gasteiger partial charge in [0.15, 0.2) is 5.82 Å². The molecule has 106 valence electrons. The first kappa shape index (κ1) is 13.0. The largest absolute Gasteiger partial charge is 0.508 e. The SMILES string of the molecule is COc1ccc(-c2nnn(-c3ccc(O)cc3)c2N)cc1. The van der Waals surface area contributed by atoms with Gasteiger partial charge >= 0.3 is 0 Å². The molecule has 21 heavy (non-hydrogen) atoms. The van der Waals surface area contributed by atoms with E-state index in [0.717, 1.165) is 17.0 Å². The lowest BCUT2D eigenvalue weighted by Crippen LogP contribution is -2.02. The van der Waals surface area contributed by atoms with E-state index in [-0.39, 0.29) is 5.75 Å². The molecule has 3 rings (SSSR count). The molecule has 0 aliphatic carbocycles. The summed E-state index contributed by atoms with van der Waals surface area (Å²) >= 11 is 0. The Labute approximate surface area is 121 Å². The van der Waals surface area contributed by atoms with Crippen LogP contribution in [0.4, 0.5) is 5.82 Å². The second kappa shape index (κ2) is 5.16. The van der Waals surface area contributed by atoms with Crippen LogP contribution in [0.2, 0.25) is 0 Å². The lowest BCUT2D eigenvalue weighted by Gasteiger charge is -2.04. The van der Waals surface area contributed by atoms with Gasteiger partial charge in [-0.05, 0) is 48.5 Å². The van der Waals surface area contributed by atoms with Crippen LogP contribution in [0.25, 0.3) is 16.9 Å². The minimum Gasteiger partial charge on any atom is -0.508 e. The fourth-order valence-corrected chi connectivity index (χ4v) is 2.03. The topological polar surface area (TPSA) is 86.2 Å². The number of nitrogens with two attached hydrogens (primary N) is 1. The molecule has 1 aromatic heterocycles. The monoisotopic (exact) mass is 282 g/mol. The minimum atomic E-state index is 0.188. The van der Waals surface area contributed by atoms with Gasteiger partial charge in [-0.15, -0.1) is 5.10 Å². The van der Waals surface area contributed by atoms with Crippen LogP contribution < -0.4 is 10.5 Å². The van der Waals surface area contributed by atoms with Crippen LogP contribution >= 0.6 is 0 Å². The molecule has 2 aromatic carbocycles. The Hall–Kier alpha value is -3.02. The van der Waals surface area contributed by atoms with Crippen molar-refractivity contribution in [2.75, 3.05) is 12.8 Å². The highest BCUT2D eigenvalue weighted by atomic mass is 16.5. The zero-order valence-corrected chi connectivity index (χ0v) is 11.4. The van der Waals surface area contributed by atoms with Crippen molar-refractivity contribution in [3.8, 4) is 28.4 Å². The molecule has 0 bridgehead atoms. The number of rotatable bonds is 3. The molecular formula is C15H14N4O2. The Bertz CT molecular complexity index is 748. The standard InChI is InChI=1S/C15H14N4O2/c1-21-13-8-2-10(3-9-13)14-15(16)19(18-17-14)11-4-6-12(20)7-5-11/h2-9,20H,16H2,1H3. The Morgan fingerprint density at radius 2 is 1.71 bits per heavy atom. The summed E-state index contributed by atoms with van der Waals surface area (Å²) in [6.07, 6.45) is 0. The van der Waals surface area contributed by atoms with Crippen LogP contribution in [0, 0.1) is 0 Å².